The molecular weight excluding hydrogens is 492 g/mol. The summed E-state index contributed by atoms with van der Waals surface area (Å²) in [5.41, 5.74) is 1.61. The molecule has 1 fully saturated rings. The van der Waals surface area contributed by atoms with Gasteiger partial charge in [-0.15, -0.1) is 0 Å². The highest BCUT2D eigenvalue weighted by Crippen LogP contribution is 2.18. The van der Waals surface area contributed by atoms with Gasteiger partial charge < -0.3 is 29.2 Å². The molecule has 38 heavy (non-hydrogen) atoms. The van der Waals surface area contributed by atoms with Gasteiger partial charge in [-0.1, -0.05) is 12.1 Å². The van der Waals surface area contributed by atoms with Crippen molar-refractivity contribution in [3.05, 3.63) is 59.2 Å². The van der Waals surface area contributed by atoms with Crippen molar-refractivity contribution in [2.75, 3.05) is 52.9 Å². The van der Waals surface area contributed by atoms with Crippen LogP contribution < -0.4 is 0 Å². The molecule has 10 heteroatoms. The van der Waals surface area contributed by atoms with E-state index in [-0.39, 0.29) is 23.2 Å². The summed E-state index contributed by atoms with van der Waals surface area (Å²) in [6.45, 7) is 4.26. The van der Waals surface area contributed by atoms with Crippen LogP contribution >= 0.6 is 0 Å². The first-order valence-electron chi connectivity index (χ1n) is 13.2. The van der Waals surface area contributed by atoms with E-state index in [9.17, 15) is 19.8 Å². The van der Waals surface area contributed by atoms with Crippen LogP contribution in [0.5, 0.6) is 0 Å². The number of carboxylic acids is 2. The van der Waals surface area contributed by atoms with E-state index in [1.165, 1.54) is 12.1 Å². The van der Waals surface area contributed by atoms with Crippen molar-refractivity contribution in [2.24, 2.45) is 11.8 Å². The Balaban J connectivity index is 1.48. The maximum absolute atomic E-state index is 11.2. The Morgan fingerprint density at radius 2 is 0.947 bits per heavy atom. The predicted octanol–water partition coefficient (Wildman–Crippen LogP) is 3.53. The number of aromatic nitrogens is 2. The summed E-state index contributed by atoms with van der Waals surface area (Å²) in [6, 6.07) is 10.2. The van der Waals surface area contributed by atoms with Crippen LogP contribution in [0.1, 0.15) is 58.0 Å². The molecule has 0 radical (unpaired) electrons. The lowest BCUT2D eigenvalue weighted by molar-refractivity contribution is 0.0202. The van der Waals surface area contributed by atoms with Gasteiger partial charge >= 0.3 is 11.9 Å². The van der Waals surface area contributed by atoms with Gasteiger partial charge in [-0.3, -0.25) is 0 Å². The van der Waals surface area contributed by atoms with Crippen LogP contribution in [0.4, 0.5) is 0 Å². The fraction of sp³-hybridized carbons (Fsp3) is 0.571. The zero-order valence-electron chi connectivity index (χ0n) is 21.8. The lowest BCUT2D eigenvalue weighted by Crippen LogP contribution is -2.17. The molecule has 0 aliphatic carbocycles. The molecule has 2 aromatic rings. The predicted molar refractivity (Wildman–Crippen MR) is 139 cm³/mol. The molecule has 0 amide bonds. The number of rotatable bonds is 6. The summed E-state index contributed by atoms with van der Waals surface area (Å²) >= 11 is 0. The standard InChI is InChI=1S/C28H38N2O8/c31-27(32)25-5-1-3-23(29-25)19-21-7-11-35-15-17-37-13-9-22(10-14-38-18-16-36-12-8-21)20-24-4-2-6-26(30-24)28(33)34/h1-6,21-22H,7-20H2,(H,31,32)(H,33,34). The van der Waals surface area contributed by atoms with Gasteiger partial charge in [0.15, 0.2) is 0 Å². The molecule has 0 atom stereocenters. The Labute approximate surface area is 223 Å². The van der Waals surface area contributed by atoms with Gasteiger partial charge in [0.2, 0.25) is 0 Å². The molecule has 1 saturated heterocycles. The summed E-state index contributed by atoms with van der Waals surface area (Å²) in [5, 5.41) is 18.4. The number of hydrogen-bond donors (Lipinski definition) is 2. The lowest BCUT2D eigenvalue weighted by atomic mass is 9.96. The van der Waals surface area contributed by atoms with Gasteiger partial charge in [-0.05, 0) is 74.6 Å². The smallest absolute Gasteiger partial charge is 0.354 e. The van der Waals surface area contributed by atoms with E-state index in [4.69, 9.17) is 18.9 Å². The quantitative estimate of drug-likeness (QED) is 0.570. The molecule has 208 valence electrons. The van der Waals surface area contributed by atoms with Gasteiger partial charge in [-0.2, -0.15) is 0 Å². The van der Waals surface area contributed by atoms with Crippen molar-refractivity contribution in [1.82, 2.24) is 9.97 Å². The Morgan fingerprint density at radius 3 is 1.26 bits per heavy atom. The lowest BCUT2D eigenvalue weighted by Gasteiger charge is -2.19. The third-order valence-corrected chi connectivity index (χ3v) is 6.47. The monoisotopic (exact) mass is 530 g/mol. The van der Waals surface area contributed by atoms with E-state index in [2.05, 4.69) is 9.97 Å². The number of ether oxygens (including phenoxy) is 4. The second kappa shape index (κ2) is 16.8. The highest BCUT2D eigenvalue weighted by atomic mass is 16.5. The topological polar surface area (TPSA) is 137 Å². The van der Waals surface area contributed by atoms with Crippen LogP contribution in [0.2, 0.25) is 0 Å². The minimum Gasteiger partial charge on any atom is -0.477 e. The highest BCUT2D eigenvalue weighted by Gasteiger charge is 2.15. The Hall–Kier alpha value is -2.92. The molecule has 2 aromatic heterocycles. The van der Waals surface area contributed by atoms with Gasteiger partial charge in [0, 0.05) is 37.8 Å². The first-order chi connectivity index (χ1) is 18.5. The van der Waals surface area contributed by atoms with Crippen molar-refractivity contribution in [3.8, 4) is 0 Å². The maximum Gasteiger partial charge on any atom is 0.354 e. The van der Waals surface area contributed by atoms with E-state index in [1.807, 2.05) is 12.1 Å². The number of nitrogens with zero attached hydrogens (tertiary/aromatic N) is 2. The molecule has 3 heterocycles. The van der Waals surface area contributed by atoms with Crippen molar-refractivity contribution in [2.45, 2.75) is 38.5 Å². The third-order valence-electron chi connectivity index (χ3n) is 6.47. The molecule has 2 N–H and O–H groups in total. The average Bonchev–Trinajstić information content (AvgIpc) is 2.91. The van der Waals surface area contributed by atoms with Gasteiger partial charge in [0.1, 0.15) is 11.4 Å². The molecule has 0 aromatic carbocycles. The summed E-state index contributed by atoms with van der Waals surface area (Å²) in [5.74, 6) is -1.56. The first kappa shape index (κ1) is 29.6. The summed E-state index contributed by atoms with van der Waals surface area (Å²) in [7, 11) is 0. The van der Waals surface area contributed by atoms with Gasteiger partial charge in [0.05, 0.1) is 26.4 Å². The molecule has 0 spiro atoms. The van der Waals surface area contributed by atoms with Crippen LogP contribution in [0.3, 0.4) is 0 Å². The normalized spacial score (nSPS) is 21.2. The van der Waals surface area contributed by atoms with Crippen molar-refractivity contribution in [1.29, 1.82) is 0 Å². The minimum absolute atomic E-state index is 0.0526. The number of pyridine rings is 2. The zero-order chi connectivity index (χ0) is 27.0. The van der Waals surface area contributed by atoms with E-state index in [0.717, 1.165) is 37.1 Å². The zero-order valence-corrected chi connectivity index (χ0v) is 21.8. The number of hydrogen-bond acceptors (Lipinski definition) is 8. The van der Waals surface area contributed by atoms with Crippen LogP contribution in [0.15, 0.2) is 36.4 Å². The fourth-order valence-corrected chi connectivity index (χ4v) is 4.36. The summed E-state index contributed by atoms with van der Waals surface area (Å²) < 4.78 is 23.2. The second-order valence-electron chi connectivity index (χ2n) is 9.38. The number of aromatic carboxylic acids is 2. The first-order valence-corrected chi connectivity index (χ1v) is 13.2. The fourth-order valence-electron chi connectivity index (χ4n) is 4.36. The third kappa shape index (κ3) is 11.2. The molecule has 1 aliphatic rings. The average molecular weight is 531 g/mol. The molecule has 1 aliphatic heterocycles. The van der Waals surface area contributed by atoms with E-state index >= 15 is 0 Å². The Kier molecular flexibility index (Phi) is 13.1. The highest BCUT2D eigenvalue weighted by molar-refractivity contribution is 5.85. The molecular formula is C28H38N2O8. The van der Waals surface area contributed by atoms with Gasteiger partial charge in [-0.25, -0.2) is 19.6 Å². The summed E-state index contributed by atoms with van der Waals surface area (Å²) in [6.07, 6.45) is 4.55. The minimum atomic E-state index is -1.03. The van der Waals surface area contributed by atoms with Crippen molar-refractivity contribution >= 4 is 11.9 Å². The second-order valence-corrected chi connectivity index (χ2v) is 9.38. The maximum atomic E-state index is 11.2. The summed E-state index contributed by atoms with van der Waals surface area (Å²) in [4.78, 5) is 31.0. The van der Waals surface area contributed by atoms with Crippen LogP contribution in [-0.2, 0) is 31.8 Å². The van der Waals surface area contributed by atoms with Crippen LogP contribution in [0, 0.1) is 11.8 Å². The largest absolute Gasteiger partial charge is 0.477 e. The Morgan fingerprint density at radius 1 is 0.605 bits per heavy atom. The molecule has 0 saturated carbocycles. The van der Waals surface area contributed by atoms with Crippen LogP contribution in [-0.4, -0.2) is 85.0 Å². The van der Waals surface area contributed by atoms with E-state index in [1.54, 1.807) is 12.1 Å². The van der Waals surface area contributed by atoms with E-state index < -0.39 is 11.9 Å². The molecule has 0 unspecified atom stereocenters. The van der Waals surface area contributed by atoms with Crippen molar-refractivity contribution < 1.29 is 38.7 Å². The number of carbonyl (C=O) groups is 2. The van der Waals surface area contributed by atoms with Crippen LogP contribution in [0.25, 0.3) is 0 Å². The molecule has 10 nitrogen and oxygen atoms in total. The molecule has 0 bridgehead atoms. The number of carboxylic acid groups (broad SMARTS) is 2. The van der Waals surface area contributed by atoms with Crippen molar-refractivity contribution in [3.63, 3.8) is 0 Å². The van der Waals surface area contributed by atoms with E-state index in [0.29, 0.717) is 65.7 Å². The SMILES string of the molecule is O=C(O)c1cccc(CC2CCOCCOCCC(Cc3cccc(C(=O)O)n3)CCOCCOCC2)n1. The molecule has 3 rings (SSSR count). The van der Waals surface area contributed by atoms with Gasteiger partial charge in [0.25, 0.3) is 0 Å². The Bertz CT molecular complexity index is 903.